The molecule has 1 aromatic heterocycles. The molecule has 2 unspecified atom stereocenters. The van der Waals surface area contributed by atoms with E-state index in [0.29, 0.717) is 17.7 Å². The molecule has 0 radical (unpaired) electrons. The molecule has 0 spiro atoms. The lowest BCUT2D eigenvalue weighted by Crippen LogP contribution is -2.33. The lowest BCUT2D eigenvalue weighted by molar-refractivity contribution is 0.0926. The third kappa shape index (κ3) is 2.59. The molecule has 2 atom stereocenters. The number of rotatable bonds is 3. The lowest BCUT2D eigenvalue weighted by atomic mass is 9.80. The summed E-state index contributed by atoms with van der Waals surface area (Å²) < 4.78 is 0. The smallest absolute Gasteiger partial charge is 0.288 e. The fourth-order valence-electron chi connectivity index (χ4n) is 2.32. The van der Waals surface area contributed by atoms with E-state index in [9.17, 15) is 4.79 Å². The maximum absolute atomic E-state index is 11.6. The third-order valence-electron chi connectivity index (χ3n) is 3.44. The molecule has 0 aromatic carbocycles. The second kappa shape index (κ2) is 5.09. The van der Waals surface area contributed by atoms with Gasteiger partial charge in [0.1, 0.15) is 6.33 Å². The minimum Gasteiger partial charge on any atom is -0.349 e. The van der Waals surface area contributed by atoms with Crippen LogP contribution >= 0.6 is 0 Å². The van der Waals surface area contributed by atoms with Crippen molar-refractivity contribution in [3.63, 3.8) is 0 Å². The SMILES string of the molecule is CC1CCCCC1CNC(=O)c1ncn[nH]1. The Balaban J connectivity index is 1.80. The Hall–Kier alpha value is -1.39. The number of H-pyrrole nitrogens is 1. The van der Waals surface area contributed by atoms with Crippen molar-refractivity contribution in [1.82, 2.24) is 20.5 Å². The summed E-state index contributed by atoms with van der Waals surface area (Å²) in [5.74, 6) is 1.46. The zero-order valence-electron chi connectivity index (χ0n) is 9.57. The van der Waals surface area contributed by atoms with E-state index in [2.05, 4.69) is 27.4 Å². The van der Waals surface area contributed by atoms with Crippen LogP contribution in [-0.4, -0.2) is 27.6 Å². The number of hydrogen-bond acceptors (Lipinski definition) is 3. The first-order valence-electron chi connectivity index (χ1n) is 5.91. The molecular formula is C11H18N4O. The molecule has 88 valence electrons. The zero-order valence-corrected chi connectivity index (χ0v) is 9.57. The lowest BCUT2D eigenvalue weighted by Gasteiger charge is -2.28. The van der Waals surface area contributed by atoms with E-state index in [1.54, 1.807) is 0 Å². The fourth-order valence-corrected chi connectivity index (χ4v) is 2.32. The van der Waals surface area contributed by atoms with E-state index in [4.69, 9.17) is 0 Å². The maximum atomic E-state index is 11.6. The van der Waals surface area contributed by atoms with Crippen LogP contribution in [0.5, 0.6) is 0 Å². The normalized spacial score (nSPS) is 25.3. The Labute approximate surface area is 95.0 Å². The average molecular weight is 222 g/mol. The van der Waals surface area contributed by atoms with E-state index in [-0.39, 0.29) is 5.91 Å². The second-order valence-electron chi connectivity index (χ2n) is 4.57. The maximum Gasteiger partial charge on any atom is 0.288 e. The number of carbonyl (C=O) groups is 1. The summed E-state index contributed by atoms with van der Waals surface area (Å²) in [5, 5.41) is 9.13. The van der Waals surface area contributed by atoms with Gasteiger partial charge >= 0.3 is 0 Å². The van der Waals surface area contributed by atoms with Gasteiger partial charge in [-0.15, -0.1) is 0 Å². The first-order chi connectivity index (χ1) is 7.77. The van der Waals surface area contributed by atoms with E-state index in [0.717, 1.165) is 6.54 Å². The number of aromatic amines is 1. The Morgan fingerprint density at radius 3 is 3.06 bits per heavy atom. The minimum atomic E-state index is -0.157. The number of nitrogens with zero attached hydrogens (tertiary/aromatic N) is 2. The van der Waals surface area contributed by atoms with Crippen LogP contribution in [0.25, 0.3) is 0 Å². The molecule has 1 aromatic rings. The van der Waals surface area contributed by atoms with Gasteiger partial charge in [-0.25, -0.2) is 4.98 Å². The van der Waals surface area contributed by atoms with Crippen LogP contribution in [0.15, 0.2) is 6.33 Å². The van der Waals surface area contributed by atoms with E-state index in [1.165, 1.54) is 32.0 Å². The summed E-state index contributed by atoms with van der Waals surface area (Å²) in [5.41, 5.74) is 0. The van der Waals surface area contributed by atoms with Crippen LogP contribution in [0, 0.1) is 11.8 Å². The molecule has 1 fully saturated rings. The van der Waals surface area contributed by atoms with Crippen molar-refractivity contribution in [2.45, 2.75) is 32.6 Å². The standard InChI is InChI=1S/C11H18N4O/c1-8-4-2-3-5-9(8)6-12-11(16)10-13-7-14-15-10/h7-9H,2-6H2,1H3,(H,12,16)(H,13,14,15). The van der Waals surface area contributed by atoms with Gasteiger partial charge in [-0.05, 0) is 18.3 Å². The molecule has 2 N–H and O–H groups in total. The summed E-state index contributed by atoms with van der Waals surface area (Å²) in [4.78, 5) is 15.4. The summed E-state index contributed by atoms with van der Waals surface area (Å²) in [6.07, 6.45) is 6.46. The Morgan fingerprint density at radius 2 is 2.38 bits per heavy atom. The van der Waals surface area contributed by atoms with Gasteiger partial charge in [0, 0.05) is 6.54 Å². The highest BCUT2D eigenvalue weighted by Crippen LogP contribution is 2.28. The minimum absolute atomic E-state index is 0.157. The van der Waals surface area contributed by atoms with Crippen LogP contribution in [0.2, 0.25) is 0 Å². The van der Waals surface area contributed by atoms with Gasteiger partial charge in [-0.3, -0.25) is 9.89 Å². The van der Waals surface area contributed by atoms with Crippen molar-refractivity contribution in [3.05, 3.63) is 12.2 Å². The van der Waals surface area contributed by atoms with Crippen molar-refractivity contribution >= 4 is 5.91 Å². The summed E-state index contributed by atoms with van der Waals surface area (Å²) in [6.45, 7) is 3.02. The topological polar surface area (TPSA) is 70.7 Å². The average Bonchev–Trinajstić information content (AvgIpc) is 2.81. The Bertz CT molecular complexity index is 336. The largest absolute Gasteiger partial charge is 0.349 e. The molecule has 1 amide bonds. The molecule has 1 heterocycles. The number of amides is 1. The molecule has 0 saturated heterocycles. The van der Waals surface area contributed by atoms with Crippen LogP contribution in [-0.2, 0) is 0 Å². The van der Waals surface area contributed by atoms with Crippen molar-refractivity contribution < 1.29 is 4.79 Å². The molecule has 1 aliphatic rings. The zero-order chi connectivity index (χ0) is 11.4. The van der Waals surface area contributed by atoms with E-state index < -0.39 is 0 Å². The van der Waals surface area contributed by atoms with Gasteiger partial charge in [-0.2, -0.15) is 5.10 Å². The third-order valence-corrected chi connectivity index (χ3v) is 3.44. The summed E-state index contributed by atoms with van der Waals surface area (Å²) in [7, 11) is 0. The van der Waals surface area contributed by atoms with Gasteiger partial charge < -0.3 is 5.32 Å². The fraction of sp³-hybridized carbons (Fsp3) is 0.727. The predicted molar refractivity (Wildman–Crippen MR) is 59.8 cm³/mol. The van der Waals surface area contributed by atoms with Gasteiger partial charge in [0.05, 0.1) is 0 Å². The van der Waals surface area contributed by atoms with Gasteiger partial charge in [0.15, 0.2) is 0 Å². The number of nitrogens with one attached hydrogen (secondary N) is 2. The number of aromatic nitrogens is 3. The molecule has 1 aliphatic carbocycles. The molecule has 2 rings (SSSR count). The van der Waals surface area contributed by atoms with Gasteiger partial charge in [0.2, 0.25) is 5.82 Å². The van der Waals surface area contributed by atoms with Crippen LogP contribution in [0.1, 0.15) is 43.2 Å². The quantitative estimate of drug-likeness (QED) is 0.811. The highest BCUT2D eigenvalue weighted by atomic mass is 16.2. The Morgan fingerprint density at radius 1 is 1.56 bits per heavy atom. The van der Waals surface area contributed by atoms with Crippen molar-refractivity contribution in [1.29, 1.82) is 0 Å². The van der Waals surface area contributed by atoms with Crippen molar-refractivity contribution in [3.8, 4) is 0 Å². The molecule has 5 nitrogen and oxygen atoms in total. The van der Waals surface area contributed by atoms with Gasteiger partial charge in [0.25, 0.3) is 5.91 Å². The van der Waals surface area contributed by atoms with Crippen molar-refractivity contribution in [2.24, 2.45) is 11.8 Å². The van der Waals surface area contributed by atoms with Crippen molar-refractivity contribution in [2.75, 3.05) is 6.54 Å². The first kappa shape index (κ1) is 11.1. The molecule has 5 heteroatoms. The summed E-state index contributed by atoms with van der Waals surface area (Å²) in [6, 6.07) is 0. The molecular weight excluding hydrogens is 204 g/mol. The van der Waals surface area contributed by atoms with E-state index in [1.807, 2.05) is 0 Å². The molecule has 0 aliphatic heterocycles. The summed E-state index contributed by atoms with van der Waals surface area (Å²) >= 11 is 0. The van der Waals surface area contributed by atoms with Crippen LogP contribution in [0.3, 0.4) is 0 Å². The number of hydrogen-bond donors (Lipinski definition) is 2. The van der Waals surface area contributed by atoms with Crippen LogP contribution < -0.4 is 5.32 Å². The highest BCUT2D eigenvalue weighted by Gasteiger charge is 2.22. The first-order valence-corrected chi connectivity index (χ1v) is 5.91. The Kier molecular flexibility index (Phi) is 3.54. The van der Waals surface area contributed by atoms with Crippen LogP contribution in [0.4, 0.5) is 0 Å². The highest BCUT2D eigenvalue weighted by molar-refractivity contribution is 5.90. The van der Waals surface area contributed by atoms with Gasteiger partial charge in [-0.1, -0.05) is 26.2 Å². The van der Waals surface area contributed by atoms with E-state index >= 15 is 0 Å². The second-order valence-corrected chi connectivity index (χ2v) is 4.57. The molecule has 16 heavy (non-hydrogen) atoms. The monoisotopic (exact) mass is 222 g/mol. The number of carbonyl (C=O) groups excluding carboxylic acids is 1. The molecule has 0 bridgehead atoms. The molecule has 1 saturated carbocycles. The predicted octanol–water partition coefficient (Wildman–Crippen LogP) is 1.36.